The average molecular weight is 358 g/mol. The molecule has 19 heavy (non-hydrogen) atoms. The smallest absolute Gasteiger partial charge is 0.333 e. The predicted octanol–water partition coefficient (Wildman–Crippen LogP) is 2.13. The Labute approximate surface area is 119 Å². The summed E-state index contributed by atoms with van der Waals surface area (Å²) in [5, 5.41) is 9.77. The topological polar surface area (TPSA) is 57.6 Å². The molecule has 0 heterocycles. The van der Waals surface area contributed by atoms with Gasteiger partial charge in [-0.1, -0.05) is 12.1 Å². The Bertz CT molecular complexity index is 550. The van der Waals surface area contributed by atoms with Crippen LogP contribution in [0.5, 0.6) is 0 Å². The Hall–Kier alpha value is -0.570. The summed E-state index contributed by atoms with van der Waals surface area (Å²) in [5.74, 6) is 0. The molecule has 1 aromatic rings. The highest BCUT2D eigenvalue weighted by Gasteiger charge is 2.48. The second kappa shape index (κ2) is 5.08. The molecule has 0 amide bonds. The number of halogens is 3. The molecule has 1 rings (SSSR count). The molecule has 1 atom stereocenters. The maximum atomic E-state index is 13.2. The lowest BCUT2D eigenvalue weighted by Crippen LogP contribution is -2.37. The summed E-state index contributed by atoms with van der Waals surface area (Å²) in [4.78, 5) is -3.56. The van der Waals surface area contributed by atoms with Crippen molar-refractivity contribution in [3.8, 4) is 0 Å². The zero-order valence-corrected chi connectivity index (χ0v) is 13.0. The minimum Gasteiger partial charge on any atom is -0.378 e. The van der Waals surface area contributed by atoms with Gasteiger partial charge in [0.25, 0.3) is 0 Å². The molecule has 1 unspecified atom stereocenters. The van der Waals surface area contributed by atoms with Crippen LogP contribution < -0.4 is 0 Å². The van der Waals surface area contributed by atoms with Gasteiger partial charge in [0.2, 0.25) is 10.0 Å². The summed E-state index contributed by atoms with van der Waals surface area (Å²) in [6, 6.07) is 4.67. The monoisotopic (exact) mass is 357 g/mol. The van der Waals surface area contributed by atoms with Crippen LogP contribution in [-0.4, -0.2) is 36.8 Å². The molecule has 0 saturated carbocycles. The number of nitrogens with zero attached hydrogens (tertiary/aromatic N) is 1. The molecule has 0 aliphatic heterocycles. The lowest BCUT2D eigenvalue weighted by atomic mass is 9.97. The van der Waals surface area contributed by atoms with E-state index in [9.17, 15) is 22.3 Å². The highest BCUT2D eigenvalue weighted by atomic mass is 79.9. The third-order valence-corrected chi connectivity index (χ3v) is 5.35. The summed E-state index contributed by atoms with van der Waals surface area (Å²) < 4.78 is 51.0. The number of alkyl halides is 3. The first-order valence-electron chi connectivity index (χ1n) is 5.23. The number of sulfonamides is 1. The van der Waals surface area contributed by atoms with Gasteiger partial charge in [-0.15, -0.1) is 0 Å². The molecule has 8 heteroatoms. The second-order valence-electron chi connectivity index (χ2n) is 4.38. The number of hydrogen-bond donors (Lipinski definition) is 1. The molecule has 0 bridgehead atoms. The van der Waals surface area contributed by atoms with Crippen LogP contribution >= 0.6 is 15.9 Å². The number of rotatable bonds is 4. The van der Waals surface area contributed by atoms with Crippen molar-refractivity contribution in [3.63, 3.8) is 0 Å². The maximum Gasteiger partial charge on any atom is 0.333 e. The first kappa shape index (κ1) is 16.5. The van der Waals surface area contributed by atoms with E-state index in [1.807, 2.05) is 0 Å². The molecule has 0 aliphatic rings. The van der Waals surface area contributed by atoms with Crippen molar-refractivity contribution in [2.45, 2.75) is 22.3 Å². The van der Waals surface area contributed by atoms with Crippen LogP contribution in [0.25, 0.3) is 0 Å². The van der Waals surface area contributed by atoms with Crippen molar-refractivity contribution < 1.29 is 22.3 Å². The summed E-state index contributed by atoms with van der Waals surface area (Å²) >= 11 is 2.11. The molecule has 1 aromatic carbocycles. The van der Waals surface area contributed by atoms with E-state index in [1.54, 1.807) is 0 Å². The van der Waals surface area contributed by atoms with Crippen molar-refractivity contribution in [1.29, 1.82) is 0 Å². The average Bonchev–Trinajstić information content (AvgIpc) is 2.27. The molecular formula is C11H14BrF2NO3S. The maximum absolute atomic E-state index is 13.2. The Morgan fingerprint density at radius 3 is 1.95 bits per heavy atom. The van der Waals surface area contributed by atoms with Gasteiger partial charge in [0, 0.05) is 14.1 Å². The van der Waals surface area contributed by atoms with E-state index in [0.29, 0.717) is 0 Å². The normalized spacial score (nSPS) is 16.4. The number of hydrogen-bond acceptors (Lipinski definition) is 3. The van der Waals surface area contributed by atoms with E-state index in [-0.39, 0.29) is 10.5 Å². The Balaban J connectivity index is 3.22. The van der Waals surface area contributed by atoms with E-state index < -0.39 is 20.5 Å². The molecule has 0 fully saturated rings. The van der Waals surface area contributed by atoms with Gasteiger partial charge in [-0.3, -0.25) is 0 Å². The van der Waals surface area contributed by atoms with Gasteiger partial charge in [0.1, 0.15) is 0 Å². The minimum atomic E-state index is -3.62. The standard InChI is InChI=1S/C11H14BrF2NO3S/c1-10(16,11(12,13)14)8-4-6-9(7-5-8)19(17,18)15(2)3/h4-7,16H,1-3H3. The Morgan fingerprint density at radius 2 is 1.63 bits per heavy atom. The number of aliphatic hydroxyl groups is 1. The zero-order chi connectivity index (χ0) is 15.1. The number of benzene rings is 1. The van der Waals surface area contributed by atoms with Crippen molar-refractivity contribution >= 4 is 26.0 Å². The quantitative estimate of drug-likeness (QED) is 0.839. The molecule has 0 aliphatic carbocycles. The third kappa shape index (κ3) is 3.13. The van der Waals surface area contributed by atoms with Gasteiger partial charge in [-0.2, -0.15) is 8.78 Å². The highest BCUT2D eigenvalue weighted by Crippen LogP contribution is 2.42. The van der Waals surface area contributed by atoms with E-state index in [4.69, 9.17) is 0 Å². The van der Waals surface area contributed by atoms with Gasteiger partial charge in [-0.05, 0) is 40.5 Å². The zero-order valence-electron chi connectivity index (χ0n) is 10.6. The van der Waals surface area contributed by atoms with Crippen LogP contribution in [0.3, 0.4) is 0 Å². The summed E-state index contributed by atoms with van der Waals surface area (Å²) in [5.41, 5.74) is -2.53. The lowest BCUT2D eigenvalue weighted by molar-refractivity contribution is -0.109. The van der Waals surface area contributed by atoms with Crippen LogP contribution in [0.2, 0.25) is 0 Å². The van der Waals surface area contributed by atoms with Gasteiger partial charge in [0.05, 0.1) is 4.90 Å². The van der Waals surface area contributed by atoms with Crippen LogP contribution in [-0.2, 0) is 15.6 Å². The van der Waals surface area contributed by atoms with Crippen molar-refractivity contribution in [1.82, 2.24) is 4.31 Å². The van der Waals surface area contributed by atoms with Crippen molar-refractivity contribution in [3.05, 3.63) is 29.8 Å². The summed E-state index contributed by atoms with van der Waals surface area (Å²) in [6.07, 6.45) is 0. The molecule has 108 valence electrons. The summed E-state index contributed by atoms with van der Waals surface area (Å²) in [7, 11) is -0.888. The largest absolute Gasteiger partial charge is 0.378 e. The SMILES string of the molecule is CN(C)S(=O)(=O)c1ccc(C(C)(O)C(F)(F)Br)cc1. The molecule has 4 nitrogen and oxygen atoms in total. The predicted molar refractivity (Wildman–Crippen MR) is 70.8 cm³/mol. The van der Waals surface area contributed by atoms with Crippen LogP contribution in [0.1, 0.15) is 12.5 Å². The second-order valence-corrected chi connectivity index (χ2v) is 7.53. The van der Waals surface area contributed by atoms with E-state index in [1.165, 1.54) is 26.2 Å². The van der Waals surface area contributed by atoms with Gasteiger partial charge >= 0.3 is 4.83 Å². The third-order valence-electron chi connectivity index (χ3n) is 2.75. The van der Waals surface area contributed by atoms with Crippen LogP contribution in [0.15, 0.2) is 29.2 Å². The molecule has 0 radical (unpaired) electrons. The lowest BCUT2D eigenvalue weighted by Gasteiger charge is -2.28. The fraction of sp³-hybridized carbons (Fsp3) is 0.455. The molecule has 0 spiro atoms. The Morgan fingerprint density at radius 1 is 1.21 bits per heavy atom. The van der Waals surface area contributed by atoms with Gasteiger partial charge < -0.3 is 5.11 Å². The fourth-order valence-electron chi connectivity index (χ4n) is 1.33. The van der Waals surface area contributed by atoms with E-state index in [0.717, 1.165) is 23.4 Å². The van der Waals surface area contributed by atoms with Gasteiger partial charge in [0.15, 0.2) is 5.60 Å². The van der Waals surface area contributed by atoms with E-state index >= 15 is 0 Å². The van der Waals surface area contributed by atoms with E-state index in [2.05, 4.69) is 15.9 Å². The first-order chi connectivity index (χ1) is 8.40. The molecule has 0 saturated heterocycles. The minimum absolute atomic E-state index is 0.0325. The highest BCUT2D eigenvalue weighted by molar-refractivity contribution is 9.10. The Kier molecular flexibility index (Phi) is 4.41. The van der Waals surface area contributed by atoms with Crippen LogP contribution in [0.4, 0.5) is 8.78 Å². The van der Waals surface area contributed by atoms with Crippen molar-refractivity contribution in [2.75, 3.05) is 14.1 Å². The van der Waals surface area contributed by atoms with Crippen LogP contribution in [0, 0.1) is 0 Å². The first-order valence-corrected chi connectivity index (χ1v) is 7.46. The van der Waals surface area contributed by atoms with Gasteiger partial charge in [-0.25, -0.2) is 12.7 Å². The fourth-order valence-corrected chi connectivity index (χ4v) is 2.46. The molecule has 1 N–H and O–H groups in total. The molecular weight excluding hydrogens is 344 g/mol. The van der Waals surface area contributed by atoms with Crippen molar-refractivity contribution in [2.24, 2.45) is 0 Å². The molecule has 0 aromatic heterocycles. The summed E-state index contributed by atoms with van der Waals surface area (Å²) in [6.45, 7) is 0.942.